The maximum Gasteiger partial charge on any atom is 0.271 e. The molecule has 4 rings (SSSR count). The molecule has 0 atom stereocenters. The number of nitrogens with one attached hydrogen (secondary N) is 1. The van der Waals surface area contributed by atoms with Crippen LogP contribution < -0.4 is 5.32 Å². The molecule has 0 saturated heterocycles. The Kier molecular flexibility index (Phi) is 4.06. The van der Waals surface area contributed by atoms with E-state index < -0.39 is 0 Å². The van der Waals surface area contributed by atoms with E-state index in [1.807, 2.05) is 24.3 Å². The standard InChI is InChI=1S/C18H13N3OS2/c22-17(20-9-12-4-3-7-19-8-12)15-11-24-18(21-15)14-10-23-16-6-2-1-5-13(14)16/h1-8,10-11H,9H2,(H,20,22). The number of carbonyl (C=O) groups excluding carboxylic acids is 1. The van der Waals surface area contributed by atoms with Gasteiger partial charge in [-0.3, -0.25) is 9.78 Å². The summed E-state index contributed by atoms with van der Waals surface area (Å²) in [5.74, 6) is -0.166. The molecule has 0 aliphatic rings. The lowest BCUT2D eigenvalue weighted by molar-refractivity contribution is 0.0946. The molecule has 0 aliphatic carbocycles. The van der Waals surface area contributed by atoms with Crippen molar-refractivity contribution in [3.05, 3.63) is 70.8 Å². The Morgan fingerprint density at radius 3 is 2.88 bits per heavy atom. The van der Waals surface area contributed by atoms with Gasteiger partial charge in [-0.2, -0.15) is 0 Å². The number of amides is 1. The minimum atomic E-state index is -0.166. The fraction of sp³-hybridized carbons (Fsp3) is 0.0556. The van der Waals surface area contributed by atoms with E-state index in [4.69, 9.17) is 0 Å². The fourth-order valence-corrected chi connectivity index (χ4v) is 4.27. The maximum absolute atomic E-state index is 12.3. The van der Waals surface area contributed by atoms with Gasteiger partial charge in [0.05, 0.1) is 0 Å². The summed E-state index contributed by atoms with van der Waals surface area (Å²) in [6.45, 7) is 0.445. The highest BCUT2D eigenvalue weighted by atomic mass is 32.1. The largest absolute Gasteiger partial charge is 0.347 e. The number of pyridine rings is 1. The molecule has 0 unspecified atom stereocenters. The van der Waals surface area contributed by atoms with Gasteiger partial charge in [-0.1, -0.05) is 24.3 Å². The van der Waals surface area contributed by atoms with E-state index in [2.05, 4.69) is 32.8 Å². The van der Waals surface area contributed by atoms with Crippen LogP contribution in [0.4, 0.5) is 0 Å². The van der Waals surface area contributed by atoms with Crippen LogP contribution in [-0.2, 0) is 6.54 Å². The molecule has 118 valence electrons. The Morgan fingerprint density at radius 2 is 2.00 bits per heavy atom. The summed E-state index contributed by atoms with van der Waals surface area (Å²) in [4.78, 5) is 20.8. The van der Waals surface area contributed by atoms with Gasteiger partial charge < -0.3 is 5.32 Å². The lowest BCUT2D eigenvalue weighted by Crippen LogP contribution is -2.23. The molecule has 3 heterocycles. The molecule has 24 heavy (non-hydrogen) atoms. The van der Waals surface area contributed by atoms with Gasteiger partial charge in [0, 0.05) is 45.3 Å². The smallest absolute Gasteiger partial charge is 0.271 e. The SMILES string of the molecule is O=C(NCc1cccnc1)c1csc(-c2csc3ccccc23)n1. The van der Waals surface area contributed by atoms with Gasteiger partial charge in [0.25, 0.3) is 5.91 Å². The molecule has 0 saturated carbocycles. The van der Waals surface area contributed by atoms with E-state index >= 15 is 0 Å². The summed E-state index contributed by atoms with van der Waals surface area (Å²) in [7, 11) is 0. The first-order chi connectivity index (χ1) is 11.8. The Morgan fingerprint density at radius 1 is 1.08 bits per heavy atom. The van der Waals surface area contributed by atoms with Crippen molar-refractivity contribution in [1.82, 2.24) is 15.3 Å². The Labute approximate surface area is 146 Å². The predicted molar refractivity (Wildman–Crippen MR) is 98.3 cm³/mol. The van der Waals surface area contributed by atoms with Crippen LogP contribution in [0, 0.1) is 0 Å². The van der Waals surface area contributed by atoms with Crippen molar-refractivity contribution >= 4 is 38.7 Å². The van der Waals surface area contributed by atoms with E-state index in [1.54, 1.807) is 29.1 Å². The van der Waals surface area contributed by atoms with Gasteiger partial charge in [-0.05, 0) is 17.7 Å². The molecule has 0 radical (unpaired) electrons. The molecule has 0 aliphatic heterocycles. The Bertz CT molecular complexity index is 992. The number of thiazole rings is 1. The normalized spacial score (nSPS) is 10.8. The predicted octanol–water partition coefficient (Wildman–Crippen LogP) is 4.35. The number of fused-ring (bicyclic) bond motifs is 1. The third-order valence-corrected chi connectivity index (χ3v) is 5.46. The fourth-order valence-electron chi connectivity index (χ4n) is 2.42. The zero-order valence-corrected chi connectivity index (χ0v) is 14.2. The highest BCUT2D eigenvalue weighted by Gasteiger charge is 2.14. The van der Waals surface area contributed by atoms with Crippen molar-refractivity contribution in [2.75, 3.05) is 0 Å². The third-order valence-electron chi connectivity index (χ3n) is 3.62. The summed E-state index contributed by atoms with van der Waals surface area (Å²) < 4.78 is 1.23. The van der Waals surface area contributed by atoms with E-state index in [1.165, 1.54) is 21.4 Å². The third kappa shape index (κ3) is 2.93. The Balaban J connectivity index is 1.53. The number of hydrogen-bond acceptors (Lipinski definition) is 5. The van der Waals surface area contributed by atoms with E-state index in [0.717, 1.165) is 16.1 Å². The van der Waals surface area contributed by atoms with Gasteiger partial charge in [-0.25, -0.2) is 4.98 Å². The molecule has 1 aromatic carbocycles. The van der Waals surface area contributed by atoms with Gasteiger partial charge in [0.15, 0.2) is 0 Å². The topological polar surface area (TPSA) is 54.9 Å². The first-order valence-corrected chi connectivity index (χ1v) is 9.16. The number of aromatic nitrogens is 2. The number of carbonyl (C=O) groups is 1. The van der Waals surface area contributed by atoms with Crippen molar-refractivity contribution in [2.24, 2.45) is 0 Å². The van der Waals surface area contributed by atoms with Crippen LogP contribution in [0.2, 0.25) is 0 Å². The van der Waals surface area contributed by atoms with E-state index in [-0.39, 0.29) is 5.91 Å². The molecule has 4 nitrogen and oxygen atoms in total. The maximum atomic E-state index is 12.3. The van der Waals surface area contributed by atoms with Crippen LogP contribution >= 0.6 is 22.7 Å². The van der Waals surface area contributed by atoms with Crippen molar-refractivity contribution in [1.29, 1.82) is 0 Å². The summed E-state index contributed by atoms with van der Waals surface area (Å²) >= 11 is 3.19. The number of benzene rings is 1. The van der Waals surface area contributed by atoms with Crippen molar-refractivity contribution in [3.8, 4) is 10.6 Å². The number of hydrogen-bond donors (Lipinski definition) is 1. The second-order valence-corrected chi connectivity index (χ2v) is 7.00. The summed E-state index contributed by atoms with van der Waals surface area (Å²) in [6, 6.07) is 12.0. The number of rotatable bonds is 4. The molecule has 3 aromatic heterocycles. The van der Waals surface area contributed by atoms with Crippen molar-refractivity contribution in [3.63, 3.8) is 0 Å². The zero-order chi connectivity index (χ0) is 16.4. The first-order valence-electron chi connectivity index (χ1n) is 7.40. The first kappa shape index (κ1) is 15.0. The van der Waals surface area contributed by atoms with Gasteiger partial charge in [0.1, 0.15) is 10.7 Å². The molecule has 1 N–H and O–H groups in total. The lowest BCUT2D eigenvalue weighted by atomic mass is 10.2. The lowest BCUT2D eigenvalue weighted by Gasteiger charge is -2.02. The van der Waals surface area contributed by atoms with Gasteiger partial charge in [-0.15, -0.1) is 22.7 Å². The Hall–Kier alpha value is -2.57. The highest BCUT2D eigenvalue weighted by Crippen LogP contribution is 2.35. The second-order valence-electron chi connectivity index (χ2n) is 5.23. The summed E-state index contributed by atoms with van der Waals surface area (Å²) in [5.41, 5.74) is 2.51. The van der Waals surface area contributed by atoms with Crippen LogP contribution in [0.15, 0.2) is 59.6 Å². The average molecular weight is 351 g/mol. The molecule has 1 amide bonds. The highest BCUT2D eigenvalue weighted by molar-refractivity contribution is 7.19. The number of thiophene rings is 1. The van der Waals surface area contributed by atoms with E-state index in [9.17, 15) is 4.79 Å². The zero-order valence-electron chi connectivity index (χ0n) is 12.6. The summed E-state index contributed by atoms with van der Waals surface area (Å²) in [5, 5.41) is 8.84. The van der Waals surface area contributed by atoms with Crippen molar-refractivity contribution < 1.29 is 4.79 Å². The quantitative estimate of drug-likeness (QED) is 0.595. The van der Waals surface area contributed by atoms with Crippen LogP contribution in [0.5, 0.6) is 0 Å². The van der Waals surface area contributed by atoms with Gasteiger partial charge >= 0.3 is 0 Å². The summed E-state index contributed by atoms with van der Waals surface area (Å²) in [6.07, 6.45) is 3.45. The van der Waals surface area contributed by atoms with Crippen LogP contribution in [0.1, 0.15) is 16.1 Å². The average Bonchev–Trinajstić information content (AvgIpc) is 3.27. The molecule has 0 fully saturated rings. The molecular formula is C18H13N3OS2. The molecule has 0 bridgehead atoms. The minimum Gasteiger partial charge on any atom is -0.347 e. The van der Waals surface area contributed by atoms with Gasteiger partial charge in [0.2, 0.25) is 0 Å². The monoisotopic (exact) mass is 351 g/mol. The van der Waals surface area contributed by atoms with Crippen LogP contribution in [0.25, 0.3) is 20.7 Å². The van der Waals surface area contributed by atoms with Crippen molar-refractivity contribution in [2.45, 2.75) is 6.54 Å². The molecule has 0 spiro atoms. The molecule has 6 heteroatoms. The second kappa shape index (κ2) is 6.51. The minimum absolute atomic E-state index is 0.166. The van der Waals surface area contributed by atoms with Crippen LogP contribution in [-0.4, -0.2) is 15.9 Å². The van der Waals surface area contributed by atoms with E-state index in [0.29, 0.717) is 12.2 Å². The number of nitrogens with zero attached hydrogens (tertiary/aromatic N) is 2. The molecular weight excluding hydrogens is 338 g/mol. The molecule has 4 aromatic rings. The van der Waals surface area contributed by atoms with Crippen LogP contribution in [0.3, 0.4) is 0 Å².